The van der Waals surface area contributed by atoms with Crippen LogP contribution in [0.4, 0.5) is 0 Å². The van der Waals surface area contributed by atoms with Gasteiger partial charge in [0, 0.05) is 6.04 Å². The van der Waals surface area contributed by atoms with E-state index in [1.165, 1.54) is 32.4 Å². The van der Waals surface area contributed by atoms with Crippen molar-refractivity contribution in [2.45, 2.75) is 64.5 Å². The Hall–Kier alpha value is -0.570. The van der Waals surface area contributed by atoms with Crippen molar-refractivity contribution in [1.29, 1.82) is 0 Å². The molecule has 0 unspecified atom stereocenters. The third-order valence-electron chi connectivity index (χ3n) is 3.80. The highest BCUT2D eigenvalue weighted by Crippen LogP contribution is 2.32. The Morgan fingerprint density at radius 2 is 1.82 bits per heavy atom. The standard InChI is InChI=1S/C14H25NO2/c1-14(2,3)17-13(16)11-7-6-10-15-9-5-4-8-12(11)15/h11-12H,4-10H2,1-3H3/t11-,12+/m0/s1. The fourth-order valence-electron chi connectivity index (χ4n) is 3.11. The van der Waals surface area contributed by atoms with Crippen LogP contribution in [-0.4, -0.2) is 35.6 Å². The van der Waals surface area contributed by atoms with Gasteiger partial charge < -0.3 is 4.74 Å². The Morgan fingerprint density at radius 1 is 1.12 bits per heavy atom. The van der Waals surface area contributed by atoms with E-state index in [9.17, 15) is 4.79 Å². The van der Waals surface area contributed by atoms with E-state index < -0.39 is 0 Å². The fraction of sp³-hybridized carbons (Fsp3) is 0.929. The van der Waals surface area contributed by atoms with Gasteiger partial charge in [0.1, 0.15) is 5.60 Å². The largest absolute Gasteiger partial charge is 0.460 e. The molecular weight excluding hydrogens is 214 g/mol. The molecule has 0 aromatic rings. The number of esters is 1. The highest BCUT2D eigenvalue weighted by Gasteiger charge is 2.39. The molecule has 0 aromatic heterocycles. The molecule has 0 amide bonds. The summed E-state index contributed by atoms with van der Waals surface area (Å²) in [6.45, 7) is 8.19. The first kappa shape index (κ1) is 12.9. The number of piperidine rings is 2. The van der Waals surface area contributed by atoms with Crippen LogP contribution in [0.3, 0.4) is 0 Å². The summed E-state index contributed by atoms with van der Waals surface area (Å²) in [6.07, 6.45) is 5.87. The highest BCUT2D eigenvalue weighted by atomic mass is 16.6. The van der Waals surface area contributed by atoms with E-state index in [-0.39, 0.29) is 17.5 Å². The number of ether oxygens (including phenoxy) is 1. The van der Waals surface area contributed by atoms with Crippen molar-refractivity contribution in [3.63, 3.8) is 0 Å². The van der Waals surface area contributed by atoms with Crippen LogP contribution >= 0.6 is 0 Å². The molecular formula is C14H25NO2. The summed E-state index contributed by atoms with van der Waals surface area (Å²) in [7, 11) is 0. The maximum absolute atomic E-state index is 12.2. The second-order valence-corrected chi connectivity index (χ2v) is 6.38. The average Bonchev–Trinajstić information content (AvgIpc) is 2.26. The van der Waals surface area contributed by atoms with Crippen molar-refractivity contribution < 1.29 is 9.53 Å². The van der Waals surface area contributed by atoms with Crippen LogP contribution in [0.15, 0.2) is 0 Å². The van der Waals surface area contributed by atoms with Gasteiger partial charge in [-0.3, -0.25) is 9.69 Å². The molecule has 0 spiro atoms. The van der Waals surface area contributed by atoms with Crippen molar-refractivity contribution in [2.75, 3.05) is 13.1 Å². The Kier molecular flexibility index (Phi) is 3.76. The summed E-state index contributed by atoms with van der Waals surface area (Å²) in [5.74, 6) is 0.136. The van der Waals surface area contributed by atoms with Gasteiger partial charge >= 0.3 is 5.97 Å². The zero-order valence-electron chi connectivity index (χ0n) is 11.4. The molecule has 0 bridgehead atoms. The molecule has 3 nitrogen and oxygen atoms in total. The summed E-state index contributed by atoms with van der Waals surface area (Å²) >= 11 is 0. The van der Waals surface area contributed by atoms with E-state index >= 15 is 0 Å². The predicted molar refractivity (Wildman–Crippen MR) is 67.8 cm³/mol. The van der Waals surface area contributed by atoms with E-state index in [0.717, 1.165) is 12.8 Å². The zero-order chi connectivity index (χ0) is 12.5. The molecule has 98 valence electrons. The average molecular weight is 239 g/mol. The van der Waals surface area contributed by atoms with E-state index in [1.54, 1.807) is 0 Å². The lowest BCUT2D eigenvalue weighted by atomic mass is 9.83. The Balaban J connectivity index is 2.01. The lowest BCUT2D eigenvalue weighted by molar-refractivity contribution is -0.165. The number of nitrogens with zero attached hydrogens (tertiary/aromatic N) is 1. The lowest BCUT2D eigenvalue weighted by Crippen LogP contribution is -2.51. The molecule has 2 aliphatic rings. The normalized spacial score (nSPS) is 30.8. The molecule has 0 N–H and O–H groups in total. The van der Waals surface area contributed by atoms with Crippen LogP contribution in [0, 0.1) is 5.92 Å². The van der Waals surface area contributed by atoms with E-state index in [1.807, 2.05) is 20.8 Å². The molecule has 2 rings (SSSR count). The molecule has 0 saturated carbocycles. The van der Waals surface area contributed by atoms with E-state index in [4.69, 9.17) is 4.74 Å². The predicted octanol–water partition coefficient (Wildman–Crippen LogP) is 2.59. The molecule has 2 atom stereocenters. The summed E-state index contributed by atoms with van der Waals surface area (Å²) in [5, 5.41) is 0. The summed E-state index contributed by atoms with van der Waals surface area (Å²) in [6, 6.07) is 0.451. The van der Waals surface area contributed by atoms with Crippen molar-refractivity contribution in [1.82, 2.24) is 4.90 Å². The molecule has 2 fully saturated rings. The van der Waals surface area contributed by atoms with Gasteiger partial charge in [0.2, 0.25) is 0 Å². The van der Waals surface area contributed by atoms with Crippen molar-refractivity contribution >= 4 is 5.97 Å². The van der Waals surface area contributed by atoms with Crippen LogP contribution in [0.5, 0.6) is 0 Å². The molecule has 2 heterocycles. The third-order valence-corrected chi connectivity index (χ3v) is 3.80. The maximum atomic E-state index is 12.2. The minimum Gasteiger partial charge on any atom is -0.460 e. The first-order chi connectivity index (χ1) is 7.97. The lowest BCUT2D eigenvalue weighted by Gasteiger charge is -2.43. The maximum Gasteiger partial charge on any atom is 0.311 e. The first-order valence-electron chi connectivity index (χ1n) is 6.94. The minimum absolute atomic E-state index is 0.0223. The molecule has 0 aliphatic carbocycles. The Bertz CT molecular complexity index is 280. The van der Waals surface area contributed by atoms with E-state index in [2.05, 4.69) is 4.90 Å². The number of fused-ring (bicyclic) bond motifs is 1. The van der Waals surface area contributed by atoms with Crippen LogP contribution in [0.2, 0.25) is 0 Å². The van der Waals surface area contributed by atoms with E-state index in [0.29, 0.717) is 6.04 Å². The van der Waals surface area contributed by atoms with Gasteiger partial charge in [-0.1, -0.05) is 6.42 Å². The molecule has 0 radical (unpaired) electrons. The molecule has 17 heavy (non-hydrogen) atoms. The molecule has 3 heteroatoms. The van der Waals surface area contributed by atoms with Gasteiger partial charge in [0.15, 0.2) is 0 Å². The van der Waals surface area contributed by atoms with Crippen molar-refractivity contribution in [3.8, 4) is 0 Å². The third kappa shape index (κ3) is 3.21. The van der Waals surface area contributed by atoms with Gasteiger partial charge in [-0.25, -0.2) is 0 Å². The Morgan fingerprint density at radius 3 is 2.53 bits per heavy atom. The van der Waals surface area contributed by atoms with Gasteiger partial charge in [-0.05, 0) is 59.5 Å². The second kappa shape index (κ2) is 4.97. The number of carbonyl (C=O) groups excluding carboxylic acids is 1. The fourth-order valence-corrected chi connectivity index (χ4v) is 3.11. The second-order valence-electron chi connectivity index (χ2n) is 6.38. The zero-order valence-corrected chi connectivity index (χ0v) is 11.4. The van der Waals surface area contributed by atoms with Crippen LogP contribution in [0.25, 0.3) is 0 Å². The van der Waals surface area contributed by atoms with Gasteiger partial charge in [0.05, 0.1) is 5.92 Å². The topological polar surface area (TPSA) is 29.5 Å². The number of rotatable bonds is 1. The summed E-state index contributed by atoms with van der Waals surface area (Å²) in [5.41, 5.74) is -0.353. The summed E-state index contributed by atoms with van der Waals surface area (Å²) in [4.78, 5) is 14.7. The highest BCUT2D eigenvalue weighted by molar-refractivity contribution is 5.74. The molecule has 2 saturated heterocycles. The van der Waals surface area contributed by atoms with Crippen molar-refractivity contribution in [3.05, 3.63) is 0 Å². The minimum atomic E-state index is -0.353. The Labute approximate surface area is 105 Å². The summed E-state index contributed by atoms with van der Waals surface area (Å²) < 4.78 is 5.56. The van der Waals surface area contributed by atoms with Gasteiger partial charge in [-0.2, -0.15) is 0 Å². The van der Waals surface area contributed by atoms with Gasteiger partial charge in [0.25, 0.3) is 0 Å². The van der Waals surface area contributed by atoms with Crippen LogP contribution in [-0.2, 0) is 9.53 Å². The number of hydrogen-bond acceptors (Lipinski definition) is 3. The SMILES string of the molecule is CC(C)(C)OC(=O)[C@H]1CCCN2CCCC[C@H]12. The quantitative estimate of drug-likeness (QED) is 0.659. The van der Waals surface area contributed by atoms with Gasteiger partial charge in [-0.15, -0.1) is 0 Å². The smallest absolute Gasteiger partial charge is 0.311 e. The van der Waals surface area contributed by atoms with Crippen LogP contribution < -0.4 is 0 Å². The van der Waals surface area contributed by atoms with Crippen molar-refractivity contribution in [2.24, 2.45) is 5.92 Å². The van der Waals surface area contributed by atoms with Crippen LogP contribution in [0.1, 0.15) is 52.9 Å². The number of hydrogen-bond donors (Lipinski definition) is 0. The monoisotopic (exact) mass is 239 g/mol. The molecule has 0 aromatic carbocycles. The first-order valence-corrected chi connectivity index (χ1v) is 6.94. The number of carbonyl (C=O) groups is 1. The molecule has 2 aliphatic heterocycles.